The van der Waals surface area contributed by atoms with E-state index in [1.54, 1.807) is 18.1 Å². The van der Waals surface area contributed by atoms with Crippen molar-refractivity contribution < 1.29 is 4.79 Å². The number of hydrogen-bond acceptors (Lipinski definition) is 4. The van der Waals surface area contributed by atoms with E-state index >= 15 is 0 Å². The lowest BCUT2D eigenvalue weighted by atomic mass is 10.2. The Balaban J connectivity index is 2.05. The van der Waals surface area contributed by atoms with E-state index in [4.69, 9.17) is 0 Å². The van der Waals surface area contributed by atoms with E-state index in [9.17, 15) is 4.79 Å². The normalized spacial score (nSPS) is 12.1. The molecule has 2 N–H and O–H groups in total. The molecule has 0 saturated carbocycles. The number of aromatic nitrogens is 3. The van der Waals surface area contributed by atoms with Gasteiger partial charge in [0, 0.05) is 5.69 Å². The summed E-state index contributed by atoms with van der Waals surface area (Å²) in [5.41, 5.74) is 1.84. The second-order valence-corrected chi connectivity index (χ2v) is 4.29. The van der Waals surface area contributed by atoms with Crippen LogP contribution < -0.4 is 10.6 Å². The highest BCUT2D eigenvalue weighted by Crippen LogP contribution is 2.11. The number of carbonyl (C=O) groups excluding carboxylic acids is 1. The average molecular weight is 259 g/mol. The van der Waals surface area contributed by atoms with Gasteiger partial charge in [-0.05, 0) is 31.7 Å². The van der Waals surface area contributed by atoms with Crippen molar-refractivity contribution in [3.8, 4) is 0 Å². The van der Waals surface area contributed by atoms with Gasteiger partial charge in [-0.15, -0.1) is 0 Å². The minimum atomic E-state index is -0.223. The standard InChI is InChI=1S/C13H17N5O/c1-10(14-2)13(19)17-12-5-3-4-11(6-12)7-18-9-15-8-16-18/h3-6,8-10,14H,7H2,1-2H3,(H,17,19). The fraction of sp³-hybridized carbons (Fsp3) is 0.308. The van der Waals surface area contributed by atoms with Gasteiger partial charge in [0.15, 0.2) is 0 Å². The Morgan fingerprint density at radius 3 is 3.00 bits per heavy atom. The zero-order valence-corrected chi connectivity index (χ0v) is 11.0. The number of rotatable bonds is 5. The van der Waals surface area contributed by atoms with Crippen LogP contribution in [0.25, 0.3) is 0 Å². The van der Waals surface area contributed by atoms with Gasteiger partial charge in [-0.1, -0.05) is 12.1 Å². The van der Waals surface area contributed by atoms with Gasteiger partial charge in [-0.25, -0.2) is 9.67 Å². The molecule has 6 nitrogen and oxygen atoms in total. The number of nitrogens with one attached hydrogen (secondary N) is 2. The first-order valence-electron chi connectivity index (χ1n) is 6.08. The van der Waals surface area contributed by atoms with Crippen molar-refractivity contribution in [3.05, 3.63) is 42.5 Å². The first-order chi connectivity index (χ1) is 9.19. The van der Waals surface area contributed by atoms with E-state index in [-0.39, 0.29) is 11.9 Å². The zero-order valence-electron chi connectivity index (χ0n) is 11.0. The molecule has 0 bridgehead atoms. The van der Waals surface area contributed by atoms with Crippen LogP contribution in [0.5, 0.6) is 0 Å². The van der Waals surface area contributed by atoms with Crippen LogP contribution in [0.4, 0.5) is 5.69 Å². The third-order valence-electron chi connectivity index (χ3n) is 2.83. The highest BCUT2D eigenvalue weighted by Gasteiger charge is 2.10. The van der Waals surface area contributed by atoms with Crippen LogP contribution in [0.15, 0.2) is 36.9 Å². The minimum absolute atomic E-state index is 0.0552. The van der Waals surface area contributed by atoms with Gasteiger partial charge in [-0.3, -0.25) is 4.79 Å². The predicted octanol–water partition coefficient (Wildman–Crippen LogP) is 0.873. The molecule has 2 aromatic rings. The van der Waals surface area contributed by atoms with Gasteiger partial charge >= 0.3 is 0 Å². The largest absolute Gasteiger partial charge is 0.325 e. The number of carbonyl (C=O) groups is 1. The molecule has 1 aromatic carbocycles. The second kappa shape index (κ2) is 6.10. The maximum absolute atomic E-state index is 11.8. The molecule has 0 radical (unpaired) electrons. The van der Waals surface area contributed by atoms with E-state index in [0.717, 1.165) is 11.3 Å². The Morgan fingerprint density at radius 2 is 2.32 bits per heavy atom. The number of hydrogen-bond donors (Lipinski definition) is 2. The van der Waals surface area contributed by atoms with Gasteiger partial charge in [0.25, 0.3) is 0 Å². The fourth-order valence-electron chi connectivity index (χ4n) is 1.63. The third-order valence-corrected chi connectivity index (χ3v) is 2.83. The highest BCUT2D eigenvalue weighted by atomic mass is 16.2. The molecule has 1 aromatic heterocycles. The van der Waals surface area contributed by atoms with Crippen LogP contribution in [0.1, 0.15) is 12.5 Å². The summed E-state index contributed by atoms with van der Waals surface area (Å²) in [5.74, 6) is -0.0552. The topological polar surface area (TPSA) is 71.8 Å². The summed E-state index contributed by atoms with van der Waals surface area (Å²) < 4.78 is 1.73. The van der Waals surface area contributed by atoms with Crippen molar-refractivity contribution in [1.29, 1.82) is 0 Å². The summed E-state index contributed by atoms with van der Waals surface area (Å²) in [7, 11) is 1.76. The molecule has 100 valence electrons. The summed E-state index contributed by atoms with van der Waals surface area (Å²) in [4.78, 5) is 15.7. The van der Waals surface area contributed by atoms with Gasteiger partial charge < -0.3 is 10.6 Å². The lowest BCUT2D eigenvalue weighted by Gasteiger charge is -2.11. The number of nitrogens with zero attached hydrogens (tertiary/aromatic N) is 3. The maximum atomic E-state index is 11.8. The van der Waals surface area contributed by atoms with Crippen LogP contribution in [-0.2, 0) is 11.3 Å². The minimum Gasteiger partial charge on any atom is -0.325 e. The second-order valence-electron chi connectivity index (χ2n) is 4.29. The molecule has 6 heteroatoms. The highest BCUT2D eigenvalue weighted by molar-refractivity contribution is 5.94. The molecular formula is C13H17N5O. The number of likely N-dealkylation sites (N-methyl/N-ethyl adjacent to an activating group) is 1. The van der Waals surface area contributed by atoms with Gasteiger partial charge in [-0.2, -0.15) is 5.10 Å². The van der Waals surface area contributed by atoms with Gasteiger partial charge in [0.1, 0.15) is 12.7 Å². The van der Waals surface area contributed by atoms with Crippen molar-refractivity contribution in [3.63, 3.8) is 0 Å². The SMILES string of the molecule is CNC(C)C(=O)Nc1cccc(Cn2cncn2)c1. The quantitative estimate of drug-likeness (QED) is 0.836. The molecule has 0 spiro atoms. The van der Waals surface area contributed by atoms with Crippen LogP contribution in [0.2, 0.25) is 0 Å². The smallest absolute Gasteiger partial charge is 0.241 e. The molecule has 1 unspecified atom stereocenters. The van der Waals surface area contributed by atoms with E-state index in [1.165, 1.54) is 6.33 Å². The lowest BCUT2D eigenvalue weighted by molar-refractivity contribution is -0.117. The molecular weight excluding hydrogens is 242 g/mol. The Labute approximate surface area is 111 Å². The van der Waals surface area contributed by atoms with Crippen LogP contribution >= 0.6 is 0 Å². The number of anilines is 1. The fourth-order valence-corrected chi connectivity index (χ4v) is 1.63. The van der Waals surface area contributed by atoms with E-state index in [2.05, 4.69) is 20.7 Å². The Kier molecular flexibility index (Phi) is 4.25. The monoisotopic (exact) mass is 259 g/mol. The van der Waals surface area contributed by atoms with E-state index in [1.807, 2.05) is 31.2 Å². The molecule has 0 fully saturated rings. The molecule has 0 aliphatic heterocycles. The van der Waals surface area contributed by atoms with Crippen molar-refractivity contribution >= 4 is 11.6 Å². The molecule has 19 heavy (non-hydrogen) atoms. The predicted molar refractivity (Wildman–Crippen MR) is 72.7 cm³/mol. The van der Waals surface area contributed by atoms with Crippen LogP contribution in [0.3, 0.4) is 0 Å². The molecule has 0 aliphatic carbocycles. The van der Waals surface area contributed by atoms with Gasteiger partial charge in [0.05, 0.1) is 12.6 Å². The van der Waals surface area contributed by atoms with Crippen LogP contribution in [0, 0.1) is 0 Å². The van der Waals surface area contributed by atoms with Crippen molar-refractivity contribution in [2.45, 2.75) is 19.5 Å². The molecule has 0 aliphatic rings. The molecule has 1 heterocycles. The summed E-state index contributed by atoms with van der Waals surface area (Å²) in [5, 5.41) is 9.82. The Bertz CT molecular complexity index is 538. The lowest BCUT2D eigenvalue weighted by Crippen LogP contribution is -2.35. The summed E-state index contributed by atoms with van der Waals surface area (Å²) in [6.45, 7) is 2.44. The molecule has 1 atom stereocenters. The maximum Gasteiger partial charge on any atom is 0.241 e. The number of amides is 1. The third kappa shape index (κ3) is 3.62. The Morgan fingerprint density at radius 1 is 1.47 bits per heavy atom. The Hall–Kier alpha value is -2.21. The molecule has 1 amide bonds. The first-order valence-corrected chi connectivity index (χ1v) is 6.08. The molecule has 0 saturated heterocycles. The zero-order chi connectivity index (χ0) is 13.7. The summed E-state index contributed by atoms with van der Waals surface area (Å²) >= 11 is 0. The van der Waals surface area contributed by atoms with Gasteiger partial charge in [0.2, 0.25) is 5.91 Å². The number of benzene rings is 1. The van der Waals surface area contributed by atoms with E-state index < -0.39 is 0 Å². The summed E-state index contributed by atoms with van der Waals surface area (Å²) in [6, 6.07) is 7.47. The van der Waals surface area contributed by atoms with Crippen molar-refractivity contribution in [1.82, 2.24) is 20.1 Å². The van der Waals surface area contributed by atoms with Crippen molar-refractivity contribution in [2.75, 3.05) is 12.4 Å². The van der Waals surface area contributed by atoms with E-state index in [0.29, 0.717) is 6.54 Å². The van der Waals surface area contributed by atoms with Crippen LogP contribution in [-0.4, -0.2) is 33.8 Å². The van der Waals surface area contributed by atoms with Crippen molar-refractivity contribution in [2.24, 2.45) is 0 Å². The molecule has 2 rings (SSSR count). The average Bonchev–Trinajstić information content (AvgIpc) is 2.91. The first kappa shape index (κ1) is 13.2. The summed E-state index contributed by atoms with van der Waals surface area (Å²) in [6.07, 6.45) is 3.16.